The number of hydrogen-bond acceptors (Lipinski definition) is 8. The molecule has 0 saturated carbocycles. The molecule has 0 radical (unpaired) electrons. The number of carbonyl (C=O) groups excluding carboxylic acids is 1. The highest BCUT2D eigenvalue weighted by molar-refractivity contribution is 5.97. The van der Waals surface area contributed by atoms with E-state index in [1.165, 1.54) is 0 Å². The van der Waals surface area contributed by atoms with E-state index in [0.29, 0.717) is 28.5 Å². The quantitative estimate of drug-likeness (QED) is 0.322. The van der Waals surface area contributed by atoms with E-state index >= 15 is 0 Å². The first-order valence-corrected chi connectivity index (χ1v) is 11.5. The van der Waals surface area contributed by atoms with Gasteiger partial charge in [-0.1, -0.05) is 0 Å². The zero-order chi connectivity index (χ0) is 25.4. The van der Waals surface area contributed by atoms with Gasteiger partial charge in [-0.25, -0.2) is 9.97 Å². The van der Waals surface area contributed by atoms with Gasteiger partial charge < -0.3 is 15.2 Å². The molecule has 0 atom stereocenters. The molecule has 0 aliphatic carbocycles. The van der Waals surface area contributed by atoms with Crippen molar-refractivity contribution in [3.63, 3.8) is 0 Å². The van der Waals surface area contributed by atoms with Gasteiger partial charge in [0.25, 0.3) is 0 Å². The first-order valence-electron chi connectivity index (χ1n) is 11.5. The summed E-state index contributed by atoms with van der Waals surface area (Å²) in [5, 5.41) is 11.3. The van der Waals surface area contributed by atoms with Gasteiger partial charge in [0.1, 0.15) is 5.69 Å². The van der Waals surface area contributed by atoms with Crippen molar-refractivity contribution >= 4 is 33.7 Å². The van der Waals surface area contributed by atoms with E-state index in [9.17, 15) is 4.79 Å². The van der Waals surface area contributed by atoms with Crippen molar-refractivity contribution in [2.45, 2.75) is 0 Å². The highest BCUT2D eigenvalue weighted by Gasteiger charge is 2.17. The maximum atomic E-state index is 12.2. The van der Waals surface area contributed by atoms with Gasteiger partial charge in [0.2, 0.25) is 5.91 Å². The Morgan fingerprint density at radius 2 is 1.84 bits per heavy atom. The van der Waals surface area contributed by atoms with Crippen LogP contribution in [-0.4, -0.2) is 71.5 Å². The molecular weight excluding hydrogens is 468 g/mol. The second-order valence-electron chi connectivity index (χ2n) is 8.81. The van der Waals surface area contributed by atoms with Crippen molar-refractivity contribution in [2.24, 2.45) is 0 Å². The molecule has 0 aromatic carbocycles. The Hall–Kier alpha value is -5.03. The fraction of sp³-hybridized carbons (Fsp3) is 0.115. The standard InChI is InChI=1S/C26H22N10O/c1-36(2)14-22(37)31-17-9-16(11-28-12-17)20-10-19-21(13-30-20)34-35-24(19)26-32-23-18(5-8-29-25(23)33-26)15-3-6-27-7-4-15/h3-13H,14H2,1-2H3,(H,31,37)(H,34,35)(H,29,32,33). The summed E-state index contributed by atoms with van der Waals surface area (Å²) in [5.41, 5.74) is 6.89. The summed E-state index contributed by atoms with van der Waals surface area (Å²) in [6, 6.07) is 9.62. The minimum atomic E-state index is -0.117. The van der Waals surface area contributed by atoms with E-state index in [4.69, 9.17) is 4.98 Å². The predicted octanol–water partition coefficient (Wildman–Crippen LogP) is 3.52. The van der Waals surface area contributed by atoms with Gasteiger partial charge >= 0.3 is 0 Å². The summed E-state index contributed by atoms with van der Waals surface area (Å²) >= 11 is 0. The Morgan fingerprint density at radius 1 is 0.973 bits per heavy atom. The van der Waals surface area contributed by atoms with Crippen LogP contribution < -0.4 is 5.32 Å². The fourth-order valence-corrected chi connectivity index (χ4v) is 4.19. The Morgan fingerprint density at radius 3 is 2.68 bits per heavy atom. The van der Waals surface area contributed by atoms with Crippen LogP contribution in [0, 0.1) is 0 Å². The molecular formula is C26H22N10O. The van der Waals surface area contributed by atoms with E-state index in [1.54, 1.807) is 42.1 Å². The van der Waals surface area contributed by atoms with Crippen LogP contribution in [0.5, 0.6) is 0 Å². The summed E-state index contributed by atoms with van der Waals surface area (Å²) in [5.74, 6) is 0.476. The third-order valence-corrected chi connectivity index (χ3v) is 5.83. The molecule has 11 nitrogen and oxygen atoms in total. The van der Waals surface area contributed by atoms with Crippen molar-refractivity contribution in [3.8, 4) is 33.9 Å². The minimum absolute atomic E-state index is 0.117. The normalized spacial score (nSPS) is 11.4. The van der Waals surface area contributed by atoms with Crippen LogP contribution in [0.4, 0.5) is 5.69 Å². The molecule has 0 unspecified atom stereocenters. The SMILES string of the molecule is CN(C)CC(=O)Nc1cncc(-c2cc3c(-c4nc5nccc(-c6ccncc6)c5[nH]4)n[nH]c3cn2)c1. The Balaban J connectivity index is 1.38. The zero-order valence-electron chi connectivity index (χ0n) is 20.1. The first kappa shape index (κ1) is 22.4. The number of anilines is 1. The Bertz CT molecular complexity index is 1740. The van der Waals surface area contributed by atoms with E-state index < -0.39 is 0 Å². The summed E-state index contributed by atoms with van der Waals surface area (Å²) < 4.78 is 0. The molecule has 182 valence electrons. The van der Waals surface area contributed by atoms with Gasteiger partial charge in [-0.05, 0) is 50.0 Å². The van der Waals surface area contributed by atoms with E-state index in [1.807, 2.05) is 44.4 Å². The molecule has 3 N–H and O–H groups in total. The van der Waals surface area contributed by atoms with Crippen LogP contribution in [-0.2, 0) is 4.79 Å². The number of fused-ring (bicyclic) bond motifs is 2. The largest absolute Gasteiger partial charge is 0.335 e. The highest BCUT2D eigenvalue weighted by atomic mass is 16.2. The van der Waals surface area contributed by atoms with Gasteiger partial charge in [-0.2, -0.15) is 5.10 Å². The van der Waals surface area contributed by atoms with Crippen molar-refractivity contribution in [2.75, 3.05) is 26.0 Å². The average Bonchev–Trinajstić information content (AvgIpc) is 3.52. The third-order valence-electron chi connectivity index (χ3n) is 5.83. The number of H-pyrrole nitrogens is 2. The zero-order valence-corrected chi connectivity index (χ0v) is 20.1. The van der Waals surface area contributed by atoms with Crippen LogP contribution in [0.3, 0.4) is 0 Å². The molecule has 0 aliphatic heterocycles. The van der Waals surface area contributed by atoms with E-state index in [2.05, 4.69) is 40.4 Å². The molecule has 0 fully saturated rings. The third kappa shape index (κ3) is 4.39. The number of amides is 1. The topological polar surface area (TPSA) is 141 Å². The van der Waals surface area contributed by atoms with Gasteiger partial charge in [0.15, 0.2) is 11.5 Å². The Kier molecular flexibility index (Phi) is 5.58. The maximum Gasteiger partial charge on any atom is 0.238 e. The number of nitrogens with zero attached hydrogens (tertiary/aromatic N) is 7. The molecule has 0 bridgehead atoms. The number of likely N-dealkylation sites (N-methyl/N-ethyl adjacent to an activating group) is 1. The number of aromatic nitrogens is 8. The van der Waals surface area contributed by atoms with E-state index in [-0.39, 0.29) is 12.5 Å². The second kappa shape index (κ2) is 9.21. The number of rotatable bonds is 6. The van der Waals surface area contributed by atoms with Crippen molar-refractivity contribution < 1.29 is 4.79 Å². The smallest absolute Gasteiger partial charge is 0.238 e. The summed E-state index contributed by atoms with van der Waals surface area (Å²) in [6.07, 6.45) is 10.3. The molecule has 37 heavy (non-hydrogen) atoms. The molecule has 0 spiro atoms. The van der Waals surface area contributed by atoms with Gasteiger partial charge in [-0.3, -0.25) is 24.8 Å². The minimum Gasteiger partial charge on any atom is -0.335 e. The average molecular weight is 491 g/mol. The summed E-state index contributed by atoms with van der Waals surface area (Å²) in [7, 11) is 3.68. The number of hydrogen-bond donors (Lipinski definition) is 3. The molecule has 0 aliphatic rings. The van der Waals surface area contributed by atoms with Crippen LogP contribution >= 0.6 is 0 Å². The number of carbonyl (C=O) groups is 1. The molecule has 6 aromatic rings. The monoisotopic (exact) mass is 490 g/mol. The lowest BCUT2D eigenvalue weighted by molar-refractivity contribution is -0.116. The molecule has 1 amide bonds. The van der Waals surface area contributed by atoms with Gasteiger partial charge in [0, 0.05) is 41.3 Å². The molecule has 6 aromatic heterocycles. The number of nitrogens with one attached hydrogen (secondary N) is 3. The van der Waals surface area contributed by atoms with Crippen LogP contribution in [0.25, 0.3) is 56.0 Å². The molecule has 6 rings (SSSR count). The van der Waals surface area contributed by atoms with Crippen molar-refractivity contribution in [1.82, 2.24) is 45.0 Å². The number of imidazole rings is 1. The van der Waals surface area contributed by atoms with Crippen LogP contribution in [0.1, 0.15) is 0 Å². The fourth-order valence-electron chi connectivity index (χ4n) is 4.19. The number of aromatic amines is 2. The number of pyridine rings is 4. The van der Waals surface area contributed by atoms with Crippen LogP contribution in [0.2, 0.25) is 0 Å². The molecule has 0 saturated heterocycles. The van der Waals surface area contributed by atoms with Gasteiger partial charge in [0.05, 0.1) is 41.4 Å². The maximum absolute atomic E-state index is 12.2. The Labute approximate surface area is 211 Å². The first-order chi connectivity index (χ1) is 18.0. The van der Waals surface area contributed by atoms with Crippen LogP contribution in [0.15, 0.2) is 67.5 Å². The lowest BCUT2D eigenvalue weighted by atomic mass is 10.1. The second-order valence-corrected chi connectivity index (χ2v) is 8.81. The van der Waals surface area contributed by atoms with Gasteiger partial charge in [-0.15, -0.1) is 0 Å². The van der Waals surface area contributed by atoms with Crippen molar-refractivity contribution in [1.29, 1.82) is 0 Å². The summed E-state index contributed by atoms with van der Waals surface area (Å²) in [4.78, 5) is 39.5. The van der Waals surface area contributed by atoms with E-state index in [0.717, 1.165) is 33.1 Å². The lowest BCUT2D eigenvalue weighted by Crippen LogP contribution is -2.27. The lowest BCUT2D eigenvalue weighted by Gasteiger charge is -2.10. The highest BCUT2D eigenvalue weighted by Crippen LogP contribution is 2.31. The molecule has 11 heteroatoms. The predicted molar refractivity (Wildman–Crippen MR) is 140 cm³/mol. The molecule has 6 heterocycles. The summed E-state index contributed by atoms with van der Waals surface area (Å²) in [6.45, 7) is 0.280. The van der Waals surface area contributed by atoms with Crippen molar-refractivity contribution in [3.05, 3.63) is 67.5 Å².